The zero-order valence-electron chi connectivity index (χ0n) is 10.1. The molecular weight excluding hydrogens is 421 g/mol. The molecule has 0 aliphatic heterocycles. The summed E-state index contributed by atoms with van der Waals surface area (Å²) in [4.78, 5) is 14.6. The second kappa shape index (κ2) is 6.10. The average molecular weight is 428 g/mol. The van der Waals surface area contributed by atoms with Crippen molar-refractivity contribution in [3.63, 3.8) is 0 Å². The van der Waals surface area contributed by atoms with E-state index in [2.05, 4.69) is 46.9 Å². The van der Waals surface area contributed by atoms with E-state index in [1.165, 1.54) is 12.1 Å². The minimum atomic E-state index is -4.77. The van der Waals surface area contributed by atoms with Crippen molar-refractivity contribution >= 4 is 43.5 Å². The Bertz CT molecular complexity index is 671. The normalized spacial score (nSPS) is 11.3. The van der Waals surface area contributed by atoms with Gasteiger partial charge in [-0.1, -0.05) is 0 Å². The maximum absolute atomic E-state index is 12.1. The van der Waals surface area contributed by atoms with Gasteiger partial charge in [0.05, 0.1) is 4.47 Å². The van der Waals surface area contributed by atoms with Crippen LogP contribution in [0.25, 0.3) is 0 Å². The molecule has 112 valence electrons. The molecule has 0 saturated carbocycles. The van der Waals surface area contributed by atoms with E-state index >= 15 is 0 Å². The number of hydrogen-bond acceptors (Lipinski definition) is 2. The van der Waals surface area contributed by atoms with Crippen molar-refractivity contribution in [1.82, 2.24) is 4.98 Å². The second-order valence-electron chi connectivity index (χ2n) is 3.88. The molecule has 0 atom stereocenters. The predicted octanol–water partition coefficient (Wildman–Crippen LogP) is 4.69. The topological polar surface area (TPSA) is 54.1 Å². The molecule has 1 heterocycles. The summed E-state index contributed by atoms with van der Waals surface area (Å²) in [7, 11) is 0. The smallest absolute Gasteiger partial charge is 0.405 e. The summed E-state index contributed by atoms with van der Waals surface area (Å²) >= 11 is 6.15. The number of rotatable bonds is 3. The molecule has 21 heavy (non-hydrogen) atoms. The Balaban J connectivity index is 2.11. The number of benzene rings is 1. The molecule has 0 radical (unpaired) electrons. The number of H-pyrrole nitrogens is 1. The predicted molar refractivity (Wildman–Crippen MR) is 77.3 cm³/mol. The molecule has 1 aromatic carbocycles. The van der Waals surface area contributed by atoms with Crippen molar-refractivity contribution in [2.45, 2.75) is 6.36 Å². The molecule has 0 aliphatic carbocycles. The van der Waals surface area contributed by atoms with E-state index in [4.69, 9.17) is 0 Å². The van der Waals surface area contributed by atoms with Crippen LogP contribution in [0, 0.1) is 0 Å². The second-order valence-corrected chi connectivity index (χ2v) is 5.65. The summed E-state index contributed by atoms with van der Waals surface area (Å²) in [6, 6.07) is 5.31. The number of nitrogens with one attached hydrogen (secondary N) is 2. The third-order valence-electron chi connectivity index (χ3n) is 2.31. The third-order valence-corrected chi connectivity index (χ3v) is 3.39. The summed E-state index contributed by atoms with van der Waals surface area (Å²) in [6.45, 7) is 0. The van der Waals surface area contributed by atoms with Gasteiger partial charge in [-0.2, -0.15) is 0 Å². The summed E-state index contributed by atoms with van der Waals surface area (Å²) in [5.74, 6) is -0.805. The van der Waals surface area contributed by atoms with Gasteiger partial charge in [-0.15, -0.1) is 13.2 Å². The molecule has 4 nitrogen and oxygen atoms in total. The molecule has 1 aromatic heterocycles. The molecule has 1 amide bonds. The Morgan fingerprint density at radius 3 is 2.48 bits per heavy atom. The highest BCUT2D eigenvalue weighted by Crippen LogP contribution is 2.32. The van der Waals surface area contributed by atoms with Gasteiger partial charge in [-0.25, -0.2) is 0 Å². The molecule has 2 N–H and O–H groups in total. The Kier molecular flexibility index (Phi) is 4.62. The average Bonchev–Trinajstić information content (AvgIpc) is 2.78. The van der Waals surface area contributed by atoms with E-state index in [1.807, 2.05) is 0 Å². The molecule has 2 rings (SSSR count). The standard InChI is InChI=1S/C12H7Br2F3N2O2/c13-6-3-9(18-5-6)11(20)19-7-1-2-10(8(14)4-7)21-12(15,16)17/h1-5,18H,(H,19,20). The van der Waals surface area contributed by atoms with E-state index in [1.54, 1.807) is 12.3 Å². The van der Waals surface area contributed by atoms with Crippen LogP contribution in [0.5, 0.6) is 5.75 Å². The summed E-state index contributed by atoms with van der Waals surface area (Å²) in [5.41, 5.74) is 0.640. The van der Waals surface area contributed by atoms with E-state index < -0.39 is 12.3 Å². The van der Waals surface area contributed by atoms with Gasteiger partial charge in [0.1, 0.15) is 11.4 Å². The van der Waals surface area contributed by atoms with Crippen molar-refractivity contribution in [2.24, 2.45) is 0 Å². The highest BCUT2D eigenvalue weighted by atomic mass is 79.9. The number of carbonyl (C=O) groups excluding carboxylic acids is 1. The van der Waals surface area contributed by atoms with Gasteiger partial charge in [-0.05, 0) is 56.1 Å². The summed E-state index contributed by atoms with van der Waals surface area (Å²) < 4.78 is 41.0. The molecule has 0 aliphatic rings. The van der Waals surface area contributed by atoms with Crippen molar-refractivity contribution in [2.75, 3.05) is 5.32 Å². The van der Waals surface area contributed by atoms with Gasteiger partial charge in [-0.3, -0.25) is 4.79 Å². The monoisotopic (exact) mass is 426 g/mol. The van der Waals surface area contributed by atoms with Crippen LogP contribution < -0.4 is 10.1 Å². The van der Waals surface area contributed by atoms with Crippen LogP contribution >= 0.6 is 31.9 Å². The summed E-state index contributed by atoms with van der Waals surface area (Å²) in [6.07, 6.45) is -3.19. The first kappa shape index (κ1) is 15.9. The van der Waals surface area contributed by atoms with Crippen LogP contribution in [0.2, 0.25) is 0 Å². The molecule has 0 fully saturated rings. The number of alkyl halides is 3. The van der Waals surface area contributed by atoms with E-state index in [9.17, 15) is 18.0 Å². The van der Waals surface area contributed by atoms with Crippen LogP contribution in [-0.4, -0.2) is 17.3 Å². The fourth-order valence-corrected chi connectivity index (χ4v) is 2.29. The van der Waals surface area contributed by atoms with Crippen molar-refractivity contribution in [1.29, 1.82) is 0 Å². The number of carbonyl (C=O) groups is 1. The van der Waals surface area contributed by atoms with E-state index in [-0.39, 0.29) is 10.2 Å². The Morgan fingerprint density at radius 1 is 1.24 bits per heavy atom. The van der Waals surface area contributed by atoms with Crippen LogP contribution in [0.4, 0.5) is 18.9 Å². The maximum Gasteiger partial charge on any atom is 0.573 e. The Hall–Kier alpha value is -1.48. The lowest BCUT2D eigenvalue weighted by molar-refractivity contribution is -0.274. The number of ether oxygens (including phenoxy) is 1. The minimum Gasteiger partial charge on any atom is -0.405 e. The first-order chi connectivity index (χ1) is 9.74. The molecule has 9 heteroatoms. The van der Waals surface area contributed by atoms with Crippen molar-refractivity contribution < 1.29 is 22.7 Å². The van der Waals surface area contributed by atoms with Gasteiger partial charge >= 0.3 is 6.36 Å². The molecule has 0 bridgehead atoms. The van der Waals surface area contributed by atoms with Crippen LogP contribution in [0.1, 0.15) is 10.5 Å². The Morgan fingerprint density at radius 2 is 1.95 bits per heavy atom. The maximum atomic E-state index is 12.1. The third kappa shape index (κ3) is 4.50. The van der Waals surface area contributed by atoms with Crippen molar-refractivity contribution in [3.05, 3.63) is 45.1 Å². The highest BCUT2D eigenvalue weighted by molar-refractivity contribution is 9.10. The number of anilines is 1. The zero-order valence-corrected chi connectivity index (χ0v) is 13.3. The number of amides is 1. The van der Waals surface area contributed by atoms with Gasteiger partial charge < -0.3 is 15.0 Å². The van der Waals surface area contributed by atoms with Gasteiger partial charge in [0.25, 0.3) is 5.91 Å². The molecule has 0 spiro atoms. The molecule has 0 saturated heterocycles. The lowest BCUT2D eigenvalue weighted by Gasteiger charge is -2.11. The van der Waals surface area contributed by atoms with Crippen LogP contribution in [0.15, 0.2) is 39.4 Å². The van der Waals surface area contributed by atoms with E-state index in [0.29, 0.717) is 15.9 Å². The lowest BCUT2D eigenvalue weighted by Crippen LogP contribution is -2.17. The van der Waals surface area contributed by atoms with Gasteiger partial charge in [0.2, 0.25) is 0 Å². The van der Waals surface area contributed by atoms with Gasteiger partial charge in [0.15, 0.2) is 0 Å². The number of aromatic amines is 1. The number of hydrogen-bond donors (Lipinski definition) is 2. The van der Waals surface area contributed by atoms with Gasteiger partial charge in [0, 0.05) is 16.4 Å². The highest BCUT2D eigenvalue weighted by Gasteiger charge is 2.32. The first-order valence-corrected chi connectivity index (χ1v) is 7.04. The van der Waals surface area contributed by atoms with Crippen LogP contribution in [-0.2, 0) is 0 Å². The van der Waals surface area contributed by atoms with E-state index in [0.717, 1.165) is 6.07 Å². The number of aromatic nitrogens is 1. The van der Waals surface area contributed by atoms with Crippen LogP contribution in [0.3, 0.4) is 0 Å². The first-order valence-electron chi connectivity index (χ1n) is 5.45. The fourth-order valence-electron chi connectivity index (χ4n) is 1.48. The zero-order chi connectivity index (χ0) is 15.6. The largest absolute Gasteiger partial charge is 0.573 e. The quantitative estimate of drug-likeness (QED) is 0.746. The summed E-state index contributed by atoms with van der Waals surface area (Å²) in [5, 5.41) is 2.54. The molecule has 2 aromatic rings. The SMILES string of the molecule is O=C(Nc1ccc(OC(F)(F)F)c(Br)c1)c1cc(Br)c[nH]1. The Labute approximate surface area is 133 Å². The number of halogens is 5. The lowest BCUT2D eigenvalue weighted by atomic mass is 10.3. The van der Waals surface area contributed by atoms with Crippen molar-refractivity contribution in [3.8, 4) is 5.75 Å². The molecule has 0 unspecified atom stereocenters. The molecular formula is C12H7Br2F3N2O2. The minimum absolute atomic E-state index is 0.0743. The fraction of sp³-hybridized carbons (Fsp3) is 0.0833.